The van der Waals surface area contributed by atoms with Crippen LogP contribution in [-0.4, -0.2) is 30.7 Å². The van der Waals surface area contributed by atoms with Crippen LogP contribution >= 0.6 is 0 Å². The zero-order valence-electron chi connectivity index (χ0n) is 11.7. The fourth-order valence-electron chi connectivity index (χ4n) is 2.49. The van der Waals surface area contributed by atoms with Crippen molar-refractivity contribution >= 4 is 5.91 Å². The van der Waals surface area contributed by atoms with Crippen LogP contribution in [0.15, 0.2) is 0 Å². The molecule has 17 heavy (non-hydrogen) atoms. The largest absolute Gasteiger partial charge is 0.381 e. The lowest BCUT2D eigenvalue weighted by atomic mass is 9.64. The predicted octanol–water partition coefficient (Wildman–Crippen LogP) is 1.43. The minimum atomic E-state index is -0.761. The molecule has 0 heterocycles. The Bertz CT molecular complexity index is 287. The van der Waals surface area contributed by atoms with Crippen molar-refractivity contribution in [1.29, 1.82) is 0 Å². The van der Waals surface area contributed by atoms with Gasteiger partial charge in [-0.25, -0.2) is 0 Å². The van der Waals surface area contributed by atoms with Crippen LogP contribution in [0, 0.1) is 5.41 Å². The Hall–Kier alpha value is -0.610. The number of carbonyl (C=O) groups excluding carboxylic acids is 1. The fraction of sp³-hybridized carbons (Fsp3) is 0.923. The van der Waals surface area contributed by atoms with Crippen LogP contribution < -0.4 is 11.1 Å². The van der Waals surface area contributed by atoms with E-state index in [-0.39, 0.29) is 23.5 Å². The van der Waals surface area contributed by atoms with Gasteiger partial charge in [0.1, 0.15) is 0 Å². The first kappa shape index (κ1) is 14.5. The van der Waals surface area contributed by atoms with Crippen molar-refractivity contribution in [3.63, 3.8) is 0 Å². The van der Waals surface area contributed by atoms with E-state index in [2.05, 4.69) is 19.2 Å². The van der Waals surface area contributed by atoms with E-state index in [1.807, 2.05) is 6.92 Å². The van der Waals surface area contributed by atoms with Crippen LogP contribution in [-0.2, 0) is 9.53 Å². The Balaban J connectivity index is 2.54. The Morgan fingerprint density at radius 3 is 2.59 bits per heavy atom. The van der Waals surface area contributed by atoms with E-state index < -0.39 is 5.54 Å². The summed E-state index contributed by atoms with van der Waals surface area (Å²) in [6, 6.07) is 0.166. The number of ether oxygens (including phenoxy) is 1. The fourth-order valence-corrected chi connectivity index (χ4v) is 2.49. The summed E-state index contributed by atoms with van der Waals surface area (Å²) in [7, 11) is 1.72. The maximum Gasteiger partial charge on any atom is 0.240 e. The highest BCUT2D eigenvalue weighted by Gasteiger charge is 2.50. The number of methoxy groups -OCH3 is 1. The summed E-state index contributed by atoms with van der Waals surface area (Å²) in [5.74, 6) is -0.0491. The van der Waals surface area contributed by atoms with Crippen LogP contribution in [0.4, 0.5) is 0 Å². The van der Waals surface area contributed by atoms with Crippen molar-refractivity contribution in [2.24, 2.45) is 11.1 Å². The molecular formula is C13H26N2O2. The first-order valence-electron chi connectivity index (χ1n) is 6.38. The summed E-state index contributed by atoms with van der Waals surface area (Å²) in [6.07, 6.45) is 2.72. The van der Waals surface area contributed by atoms with Gasteiger partial charge in [-0.1, -0.05) is 27.2 Å². The lowest BCUT2D eigenvalue weighted by molar-refractivity contribution is -0.137. The van der Waals surface area contributed by atoms with Gasteiger partial charge in [0, 0.05) is 18.6 Å². The normalized spacial score (nSPS) is 30.2. The third-order valence-electron chi connectivity index (χ3n) is 4.06. The van der Waals surface area contributed by atoms with Crippen molar-refractivity contribution in [3.8, 4) is 0 Å². The van der Waals surface area contributed by atoms with Gasteiger partial charge in [-0.2, -0.15) is 0 Å². The van der Waals surface area contributed by atoms with E-state index >= 15 is 0 Å². The molecule has 100 valence electrons. The molecule has 3 N–H and O–H groups in total. The van der Waals surface area contributed by atoms with Gasteiger partial charge in [0.2, 0.25) is 5.91 Å². The van der Waals surface area contributed by atoms with Gasteiger partial charge < -0.3 is 15.8 Å². The minimum absolute atomic E-state index is 0.00724. The highest BCUT2D eigenvalue weighted by Crippen LogP contribution is 2.42. The Morgan fingerprint density at radius 1 is 1.59 bits per heavy atom. The molecule has 0 saturated heterocycles. The number of carbonyl (C=O) groups is 1. The molecule has 0 radical (unpaired) electrons. The van der Waals surface area contributed by atoms with E-state index in [9.17, 15) is 4.79 Å². The van der Waals surface area contributed by atoms with Gasteiger partial charge in [-0.05, 0) is 19.8 Å². The molecule has 1 aliphatic carbocycles. The number of hydrogen-bond acceptors (Lipinski definition) is 3. The molecule has 0 aliphatic heterocycles. The van der Waals surface area contributed by atoms with Crippen LogP contribution in [0.3, 0.4) is 0 Å². The van der Waals surface area contributed by atoms with Gasteiger partial charge in [0.25, 0.3) is 0 Å². The Morgan fingerprint density at radius 2 is 2.18 bits per heavy atom. The average Bonchev–Trinajstić information content (AvgIpc) is 2.23. The maximum absolute atomic E-state index is 12.1. The Kier molecular flexibility index (Phi) is 4.20. The molecule has 0 aromatic carbocycles. The topological polar surface area (TPSA) is 64.4 Å². The molecule has 1 amide bonds. The number of rotatable bonds is 5. The number of amides is 1. The van der Waals surface area contributed by atoms with E-state index in [1.165, 1.54) is 0 Å². The number of nitrogens with one attached hydrogen (secondary N) is 1. The van der Waals surface area contributed by atoms with Gasteiger partial charge >= 0.3 is 0 Å². The molecule has 3 atom stereocenters. The molecule has 0 spiro atoms. The summed E-state index contributed by atoms with van der Waals surface area (Å²) in [5, 5.41) is 3.05. The molecule has 1 saturated carbocycles. The molecular weight excluding hydrogens is 216 g/mol. The van der Waals surface area contributed by atoms with Crippen molar-refractivity contribution in [2.45, 2.75) is 64.6 Å². The van der Waals surface area contributed by atoms with Crippen molar-refractivity contribution in [2.75, 3.05) is 7.11 Å². The van der Waals surface area contributed by atoms with Gasteiger partial charge in [-0.15, -0.1) is 0 Å². The molecule has 4 nitrogen and oxygen atoms in total. The maximum atomic E-state index is 12.1. The van der Waals surface area contributed by atoms with E-state index in [4.69, 9.17) is 10.5 Å². The lowest BCUT2D eigenvalue weighted by Crippen LogP contribution is -2.65. The number of nitrogens with two attached hydrogens (primary N) is 1. The average molecular weight is 242 g/mol. The summed E-state index contributed by atoms with van der Waals surface area (Å²) in [4.78, 5) is 12.1. The van der Waals surface area contributed by atoms with E-state index in [0.717, 1.165) is 12.8 Å². The third kappa shape index (κ3) is 2.80. The quantitative estimate of drug-likeness (QED) is 0.766. The highest BCUT2D eigenvalue weighted by atomic mass is 16.5. The summed E-state index contributed by atoms with van der Waals surface area (Å²) in [6.45, 7) is 8.06. The highest BCUT2D eigenvalue weighted by molar-refractivity contribution is 5.86. The molecule has 0 bridgehead atoms. The molecule has 0 aromatic rings. The van der Waals surface area contributed by atoms with Crippen molar-refractivity contribution < 1.29 is 9.53 Å². The van der Waals surface area contributed by atoms with Gasteiger partial charge in [0.15, 0.2) is 0 Å². The first-order chi connectivity index (χ1) is 7.75. The van der Waals surface area contributed by atoms with Gasteiger partial charge in [-0.3, -0.25) is 4.79 Å². The predicted molar refractivity (Wildman–Crippen MR) is 68.6 cm³/mol. The first-order valence-corrected chi connectivity index (χ1v) is 6.38. The van der Waals surface area contributed by atoms with E-state index in [0.29, 0.717) is 6.42 Å². The van der Waals surface area contributed by atoms with Crippen LogP contribution in [0.25, 0.3) is 0 Å². The second kappa shape index (κ2) is 4.94. The summed E-state index contributed by atoms with van der Waals surface area (Å²) >= 11 is 0. The molecule has 0 aromatic heterocycles. The lowest BCUT2D eigenvalue weighted by Gasteiger charge is -2.51. The smallest absolute Gasteiger partial charge is 0.240 e. The second-order valence-electron chi connectivity index (χ2n) is 5.97. The minimum Gasteiger partial charge on any atom is -0.381 e. The zero-order valence-corrected chi connectivity index (χ0v) is 11.7. The number of hydrogen-bond donors (Lipinski definition) is 2. The summed E-state index contributed by atoms with van der Waals surface area (Å²) in [5.41, 5.74) is 5.24. The van der Waals surface area contributed by atoms with E-state index in [1.54, 1.807) is 14.0 Å². The van der Waals surface area contributed by atoms with Gasteiger partial charge in [0.05, 0.1) is 11.6 Å². The van der Waals surface area contributed by atoms with Crippen molar-refractivity contribution in [1.82, 2.24) is 5.32 Å². The zero-order chi connectivity index (χ0) is 13.3. The standard InChI is InChI=1S/C13H26N2O2/c1-6-7-13(4,14)11(16)15-9-8-10(17-5)12(9,2)3/h9-10H,6-8,14H2,1-5H3,(H,15,16). The molecule has 4 heteroatoms. The SMILES string of the molecule is CCCC(C)(N)C(=O)NC1CC(OC)C1(C)C. The van der Waals surface area contributed by atoms with Crippen molar-refractivity contribution in [3.05, 3.63) is 0 Å². The van der Waals surface area contributed by atoms with Crippen LogP contribution in [0.5, 0.6) is 0 Å². The second-order valence-corrected chi connectivity index (χ2v) is 5.97. The molecule has 1 rings (SSSR count). The third-order valence-corrected chi connectivity index (χ3v) is 4.06. The monoisotopic (exact) mass is 242 g/mol. The summed E-state index contributed by atoms with van der Waals surface area (Å²) < 4.78 is 5.36. The van der Waals surface area contributed by atoms with Crippen LogP contribution in [0.1, 0.15) is 47.0 Å². The molecule has 1 aliphatic rings. The van der Waals surface area contributed by atoms with Crippen LogP contribution in [0.2, 0.25) is 0 Å². The molecule has 3 unspecified atom stereocenters. The Labute approximate surface area is 104 Å². The molecule has 1 fully saturated rings.